The third kappa shape index (κ3) is 5.98. The lowest BCUT2D eigenvalue weighted by Gasteiger charge is -2.17. The second-order valence-corrected chi connectivity index (χ2v) is 11.1. The van der Waals surface area contributed by atoms with Gasteiger partial charge in [0, 0.05) is 36.7 Å². The Labute approximate surface area is 249 Å². The molecule has 0 bridgehead atoms. The third-order valence-electron chi connectivity index (χ3n) is 7.14. The number of hydrogen-bond donors (Lipinski definition) is 2. The average molecular weight is 601 g/mol. The molecule has 1 atom stereocenters. The highest BCUT2D eigenvalue weighted by Gasteiger charge is 2.30. The zero-order chi connectivity index (χ0) is 29.9. The van der Waals surface area contributed by atoms with E-state index in [1.807, 2.05) is 36.4 Å². The fourth-order valence-electron chi connectivity index (χ4n) is 5.02. The minimum absolute atomic E-state index is 0.0270. The molecule has 1 fully saturated rings. The van der Waals surface area contributed by atoms with E-state index < -0.39 is 23.6 Å². The molecule has 1 aliphatic rings. The Hall–Kier alpha value is -5.03. The van der Waals surface area contributed by atoms with Crippen molar-refractivity contribution in [1.82, 2.24) is 14.8 Å². The van der Waals surface area contributed by atoms with Crippen molar-refractivity contribution in [3.8, 4) is 5.69 Å². The van der Waals surface area contributed by atoms with Crippen LogP contribution in [0.4, 0.5) is 25.0 Å². The number of amides is 2. The minimum Gasteiger partial charge on any atom is -0.445 e. The van der Waals surface area contributed by atoms with E-state index in [4.69, 9.17) is 4.74 Å². The van der Waals surface area contributed by atoms with Gasteiger partial charge in [0.1, 0.15) is 27.9 Å². The maximum Gasteiger partial charge on any atom is 0.410 e. The number of nitrogens with one attached hydrogen (secondary N) is 2. The van der Waals surface area contributed by atoms with Crippen molar-refractivity contribution < 1.29 is 23.1 Å². The number of rotatable bonds is 7. The van der Waals surface area contributed by atoms with Crippen LogP contribution in [0.15, 0.2) is 95.8 Å². The Bertz CT molecular complexity index is 1860. The van der Waals surface area contributed by atoms with Crippen LogP contribution >= 0.6 is 11.3 Å². The number of halogens is 2. The molecule has 0 radical (unpaired) electrons. The van der Waals surface area contributed by atoms with Crippen molar-refractivity contribution >= 4 is 44.9 Å². The van der Waals surface area contributed by atoms with E-state index in [9.17, 15) is 23.2 Å². The summed E-state index contributed by atoms with van der Waals surface area (Å²) in [5.41, 5.74) is 1.43. The molecule has 0 aliphatic carbocycles. The highest BCUT2D eigenvalue weighted by molar-refractivity contribution is 7.21. The van der Waals surface area contributed by atoms with Crippen molar-refractivity contribution in [3.63, 3.8) is 0 Å². The molecule has 2 amide bonds. The molecule has 8 nitrogen and oxygen atoms in total. The first-order valence-corrected chi connectivity index (χ1v) is 14.4. The topological polar surface area (TPSA) is 92.7 Å². The van der Waals surface area contributed by atoms with Crippen molar-refractivity contribution in [2.75, 3.05) is 18.4 Å². The van der Waals surface area contributed by atoms with Crippen LogP contribution in [0.5, 0.6) is 0 Å². The third-order valence-corrected chi connectivity index (χ3v) is 8.33. The minimum atomic E-state index is -0.831. The first-order chi connectivity index (χ1) is 20.9. The Morgan fingerprint density at radius 3 is 2.44 bits per heavy atom. The Balaban J connectivity index is 1.28. The zero-order valence-corrected chi connectivity index (χ0v) is 23.6. The van der Waals surface area contributed by atoms with Gasteiger partial charge in [-0.15, -0.1) is 11.3 Å². The van der Waals surface area contributed by atoms with E-state index in [-0.39, 0.29) is 41.0 Å². The average Bonchev–Trinajstić information content (AvgIpc) is 3.63. The smallest absolute Gasteiger partial charge is 0.410 e. The number of hydrogen-bond acceptors (Lipinski definition) is 6. The van der Waals surface area contributed by atoms with Crippen molar-refractivity contribution in [1.29, 1.82) is 0 Å². The molecule has 1 saturated heterocycles. The summed E-state index contributed by atoms with van der Waals surface area (Å²) in [6.07, 6.45) is 0.0460. The number of aromatic nitrogens is 1. The summed E-state index contributed by atoms with van der Waals surface area (Å²) in [5, 5.41) is 6.46. The first kappa shape index (κ1) is 28.1. The van der Waals surface area contributed by atoms with Gasteiger partial charge in [-0.2, -0.15) is 0 Å². The molecular weight excluding hydrogens is 574 g/mol. The zero-order valence-electron chi connectivity index (χ0n) is 22.8. The first-order valence-electron chi connectivity index (χ1n) is 13.6. The van der Waals surface area contributed by atoms with E-state index in [1.165, 1.54) is 16.7 Å². The van der Waals surface area contributed by atoms with Gasteiger partial charge in [0.15, 0.2) is 0 Å². The number of nitrogens with zero attached hydrogens (tertiary/aromatic N) is 2. The standard InChI is InChI=1S/C32H26F2N4O4S/c33-21-11-13-26(25(34)17-21)36-28-24-12-14-27(39)38(23-9-5-2-6-10-23)31(24)43-29(28)30(40)35-22-15-16-37(18-22)32(41)42-19-20-7-3-1-4-8-20/h1-14,17,22,36H,15-16,18-19H2,(H,35,40). The maximum atomic E-state index is 14.7. The molecule has 43 heavy (non-hydrogen) atoms. The maximum absolute atomic E-state index is 14.7. The van der Waals surface area contributed by atoms with Crippen LogP contribution in [0, 0.1) is 11.6 Å². The van der Waals surface area contributed by atoms with Gasteiger partial charge in [-0.1, -0.05) is 48.5 Å². The van der Waals surface area contributed by atoms with Gasteiger partial charge in [-0.25, -0.2) is 13.6 Å². The summed E-state index contributed by atoms with van der Waals surface area (Å²) in [7, 11) is 0. The summed E-state index contributed by atoms with van der Waals surface area (Å²) in [5.74, 6) is -2.02. The van der Waals surface area contributed by atoms with Crippen LogP contribution < -0.4 is 16.2 Å². The molecule has 1 unspecified atom stereocenters. The molecule has 11 heteroatoms. The Morgan fingerprint density at radius 1 is 0.953 bits per heavy atom. The predicted octanol–water partition coefficient (Wildman–Crippen LogP) is 6.21. The number of fused-ring (bicyclic) bond motifs is 1. The van der Waals surface area contributed by atoms with Gasteiger partial charge in [0.2, 0.25) is 0 Å². The van der Waals surface area contributed by atoms with Gasteiger partial charge < -0.3 is 20.3 Å². The number of likely N-dealkylation sites (tertiary alicyclic amines) is 1. The lowest BCUT2D eigenvalue weighted by molar-refractivity contribution is 0.0926. The fourth-order valence-corrected chi connectivity index (χ4v) is 6.19. The molecule has 2 N–H and O–H groups in total. The molecule has 5 aromatic rings. The number of anilines is 2. The molecule has 0 saturated carbocycles. The number of benzene rings is 3. The number of carbonyl (C=O) groups is 2. The van der Waals surface area contributed by atoms with Crippen LogP contribution in [0.1, 0.15) is 21.7 Å². The number of para-hydroxylation sites is 1. The van der Waals surface area contributed by atoms with Gasteiger partial charge >= 0.3 is 6.09 Å². The molecule has 6 rings (SSSR count). The lowest BCUT2D eigenvalue weighted by Crippen LogP contribution is -2.38. The summed E-state index contributed by atoms with van der Waals surface area (Å²) < 4.78 is 35.2. The van der Waals surface area contributed by atoms with Crippen LogP contribution in [0.3, 0.4) is 0 Å². The molecule has 3 aromatic carbocycles. The predicted molar refractivity (Wildman–Crippen MR) is 161 cm³/mol. The number of thiophene rings is 1. The number of ether oxygens (including phenoxy) is 1. The molecule has 3 heterocycles. The van der Waals surface area contributed by atoms with Gasteiger partial charge in [-0.05, 0) is 42.3 Å². The number of carbonyl (C=O) groups excluding carboxylic acids is 2. The quantitative estimate of drug-likeness (QED) is 0.232. The summed E-state index contributed by atoms with van der Waals surface area (Å²) >= 11 is 1.08. The largest absolute Gasteiger partial charge is 0.445 e. The second kappa shape index (κ2) is 12.1. The highest BCUT2D eigenvalue weighted by atomic mass is 32.1. The van der Waals surface area contributed by atoms with Gasteiger partial charge in [0.05, 0.1) is 17.1 Å². The summed E-state index contributed by atoms with van der Waals surface area (Å²) in [6, 6.07) is 24.0. The van der Waals surface area contributed by atoms with E-state index in [0.717, 1.165) is 29.0 Å². The van der Waals surface area contributed by atoms with Crippen molar-refractivity contribution in [2.24, 2.45) is 0 Å². The molecular formula is C32H26F2N4O4S. The van der Waals surface area contributed by atoms with E-state index in [0.29, 0.717) is 28.9 Å². The lowest BCUT2D eigenvalue weighted by atomic mass is 10.2. The Kier molecular flexibility index (Phi) is 7.89. The van der Waals surface area contributed by atoms with Crippen molar-refractivity contribution in [2.45, 2.75) is 19.1 Å². The fraction of sp³-hybridized carbons (Fsp3) is 0.156. The normalized spacial score (nSPS) is 14.6. The van der Waals surface area contributed by atoms with E-state index in [1.54, 1.807) is 35.2 Å². The van der Waals surface area contributed by atoms with E-state index in [2.05, 4.69) is 10.6 Å². The molecule has 0 spiro atoms. The second-order valence-electron chi connectivity index (χ2n) is 10.1. The highest BCUT2D eigenvalue weighted by Crippen LogP contribution is 2.38. The van der Waals surface area contributed by atoms with E-state index >= 15 is 0 Å². The summed E-state index contributed by atoms with van der Waals surface area (Å²) in [4.78, 5) is 41.6. The van der Waals surface area contributed by atoms with Crippen molar-refractivity contribution in [3.05, 3.63) is 123 Å². The SMILES string of the molecule is O=C(NC1CCN(C(=O)OCc2ccccc2)C1)c1sc2c(ccc(=O)n2-c2ccccc2)c1Nc1ccc(F)cc1F. The van der Waals surface area contributed by atoms with Gasteiger partial charge in [0.25, 0.3) is 11.5 Å². The summed E-state index contributed by atoms with van der Waals surface area (Å²) in [6.45, 7) is 0.811. The molecule has 1 aliphatic heterocycles. The Morgan fingerprint density at radius 2 is 1.70 bits per heavy atom. The van der Waals surface area contributed by atoms with Crippen LogP contribution in [0.2, 0.25) is 0 Å². The van der Waals surface area contributed by atoms with Crippen LogP contribution in [-0.2, 0) is 11.3 Å². The molecule has 218 valence electrons. The van der Waals surface area contributed by atoms with Crippen LogP contribution in [0.25, 0.3) is 15.9 Å². The monoisotopic (exact) mass is 600 g/mol. The van der Waals surface area contributed by atoms with Gasteiger partial charge in [-0.3, -0.25) is 14.2 Å². The number of pyridine rings is 1. The van der Waals surface area contributed by atoms with Crippen LogP contribution in [-0.4, -0.2) is 40.6 Å². The molecule has 2 aromatic heterocycles.